The van der Waals surface area contributed by atoms with Gasteiger partial charge in [-0.3, -0.25) is 0 Å². The Morgan fingerprint density at radius 2 is 1.94 bits per heavy atom. The van der Waals surface area contributed by atoms with Crippen molar-refractivity contribution >= 4 is 6.03 Å². The summed E-state index contributed by atoms with van der Waals surface area (Å²) in [5, 5.41) is 5.70. The van der Waals surface area contributed by atoms with Gasteiger partial charge in [-0.25, -0.2) is 4.79 Å². The van der Waals surface area contributed by atoms with Gasteiger partial charge in [0.05, 0.1) is 0 Å². The van der Waals surface area contributed by atoms with Gasteiger partial charge in [0.15, 0.2) is 0 Å². The number of urea groups is 1. The summed E-state index contributed by atoms with van der Waals surface area (Å²) in [5.74, 6) is 0.593. The van der Waals surface area contributed by atoms with Gasteiger partial charge in [0.25, 0.3) is 0 Å². The highest BCUT2D eigenvalue weighted by molar-refractivity contribution is 5.74. The van der Waals surface area contributed by atoms with E-state index in [1.165, 1.54) is 25.7 Å². The minimum absolute atomic E-state index is 0.105. The Kier molecular flexibility index (Phi) is 4.59. The number of nitrogens with two attached hydrogens (primary N) is 1. The fraction of sp³-hybridized carbons (Fsp3) is 0.917. The lowest BCUT2D eigenvalue weighted by Gasteiger charge is -2.23. The first-order valence-corrected chi connectivity index (χ1v) is 6.20. The quantitative estimate of drug-likeness (QED) is 0.685. The van der Waals surface area contributed by atoms with E-state index >= 15 is 0 Å². The monoisotopic (exact) mass is 227 g/mol. The molecule has 16 heavy (non-hydrogen) atoms. The van der Waals surface area contributed by atoms with Gasteiger partial charge in [-0.2, -0.15) is 0 Å². The molecule has 2 amide bonds. The second-order valence-electron chi connectivity index (χ2n) is 5.79. The zero-order valence-corrected chi connectivity index (χ0v) is 10.7. The highest BCUT2D eigenvalue weighted by Crippen LogP contribution is 2.26. The smallest absolute Gasteiger partial charge is 0.315 e. The fourth-order valence-electron chi connectivity index (χ4n) is 2.15. The van der Waals surface area contributed by atoms with Crippen LogP contribution in [0.15, 0.2) is 0 Å². The number of nitrogens with one attached hydrogen (secondary N) is 2. The van der Waals surface area contributed by atoms with Crippen LogP contribution in [-0.4, -0.2) is 24.2 Å². The molecule has 4 heteroatoms. The summed E-state index contributed by atoms with van der Waals surface area (Å²) < 4.78 is 0. The van der Waals surface area contributed by atoms with Crippen molar-refractivity contribution in [3.05, 3.63) is 0 Å². The van der Waals surface area contributed by atoms with Crippen LogP contribution in [-0.2, 0) is 0 Å². The summed E-state index contributed by atoms with van der Waals surface area (Å²) >= 11 is 0. The van der Waals surface area contributed by atoms with E-state index in [-0.39, 0.29) is 17.6 Å². The van der Waals surface area contributed by atoms with E-state index in [0.29, 0.717) is 12.5 Å². The second kappa shape index (κ2) is 5.53. The third kappa shape index (κ3) is 4.84. The summed E-state index contributed by atoms with van der Waals surface area (Å²) in [6.07, 6.45) is 4.99. The van der Waals surface area contributed by atoms with Crippen LogP contribution in [0.1, 0.15) is 46.5 Å². The van der Waals surface area contributed by atoms with Gasteiger partial charge in [0.2, 0.25) is 0 Å². The first kappa shape index (κ1) is 13.3. The minimum Gasteiger partial charge on any atom is -0.337 e. The predicted octanol–water partition coefficient (Wildman–Crippen LogP) is 1.60. The van der Waals surface area contributed by atoms with E-state index in [0.717, 1.165) is 0 Å². The van der Waals surface area contributed by atoms with Crippen molar-refractivity contribution in [3.63, 3.8) is 0 Å². The zero-order chi connectivity index (χ0) is 12.2. The Labute approximate surface area is 98.3 Å². The van der Waals surface area contributed by atoms with Gasteiger partial charge < -0.3 is 16.4 Å². The van der Waals surface area contributed by atoms with Crippen molar-refractivity contribution < 1.29 is 4.79 Å². The molecule has 4 nitrogen and oxygen atoms in total. The number of carbonyl (C=O) groups excluding carboxylic acids is 1. The van der Waals surface area contributed by atoms with E-state index in [9.17, 15) is 4.79 Å². The molecule has 1 aliphatic rings. The van der Waals surface area contributed by atoms with Crippen LogP contribution in [0.3, 0.4) is 0 Å². The average molecular weight is 227 g/mol. The molecular formula is C12H25N3O. The molecule has 1 saturated carbocycles. The number of carbonyl (C=O) groups is 1. The van der Waals surface area contributed by atoms with Gasteiger partial charge in [0, 0.05) is 18.1 Å². The van der Waals surface area contributed by atoms with Crippen LogP contribution >= 0.6 is 0 Å². The first-order chi connectivity index (χ1) is 7.38. The largest absolute Gasteiger partial charge is 0.337 e. The molecule has 1 fully saturated rings. The highest BCUT2D eigenvalue weighted by atomic mass is 16.2. The Morgan fingerprint density at radius 1 is 1.38 bits per heavy atom. The van der Waals surface area contributed by atoms with Crippen LogP contribution in [0.5, 0.6) is 0 Å². The molecule has 1 rings (SSSR count). The molecule has 1 aliphatic carbocycles. The lowest BCUT2D eigenvalue weighted by atomic mass is 9.99. The Morgan fingerprint density at radius 3 is 2.44 bits per heavy atom. The zero-order valence-electron chi connectivity index (χ0n) is 10.7. The number of rotatable bonds is 3. The summed E-state index contributed by atoms with van der Waals surface area (Å²) in [6.45, 7) is 6.46. The van der Waals surface area contributed by atoms with Crippen molar-refractivity contribution in [2.75, 3.05) is 6.54 Å². The molecular weight excluding hydrogens is 202 g/mol. The lowest BCUT2D eigenvalue weighted by Crippen LogP contribution is -2.50. The highest BCUT2D eigenvalue weighted by Gasteiger charge is 2.22. The van der Waals surface area contributed by atoms with Gasteiger partial charge in [-0.05, 0) is 39.5 Å². The van der Waals surface area contributed by atoms with E-state index < -0.39 is 0 Å². The summed E-state index contributed by atoms with van der Waals surface area (Å²) in [5.41, 5.74) is 5.86. The van der Waals surface area contributed by atoms with Crippen LogP contribution < -0.4 is 16.4 Å². The van der Waals surface area contributed by atoms with Crippen LogP contribution in [0, 0.1) is 5.92 Å². The molecule has 1 atom stereocenters. The summed E-state index contributed by atoms with van der Waals surface area (Å²) in [6, 6.07) is -0.0193. The Balaban J connectivity index is 2.20. The van der Waals surface area contributed by atoms with E-state index in [1.54, 1.807) is 0 Å². The molecule has 0 saturated heterocycles. The SMILES string of the molecule is CC(C)(C)NC(=O)NCC(N)C1CCCC1. The van der Waals surface area contributed by atoms with Crippen LogP contribution in [0.2, 0.25) is 0 Å². The Bertz CT molecular complexity index is 229. The molecule has 0 aromatic rings. The van der Waals surface area contributed by atoms with Crippen molar-refractivity contribution in [2.24, 2.45) is 11.7 Å². The number of hydrogen-bond donors (Lipinski definition) is 3. The van der Waals surface area contributed by atoms with E-state index in [4.69, 9.17) is 5.73 Å². The van der Waals surface area contributed by atoms with Gasteiger partial charge in [-0.1, -0.05) is 12.8 Å². The molecule has 0 bridgehead atoms. The maximum absolute atomic E-state index is 11.5. The first-order valence-electron chi connectivity index (χ1n) is 6.20. The molecule has 0 spiro atoms. The summed E-state index contributed by atoms with van der Waals surface area (Å²) in [4.78, 5) is 11.5. The molecule has 4 N–H and O–H groups in total. The molecule has 0 aromatic carbocycles. The van der Waals surface area contributed by atoms with Crippen molar-refractivity contribution in [1.29, 1.82) is 0 Å². The average Bonchev–Trinajstić information content (AvgIpc) is 2.64. The van der Waals surface area contributed by atoms with Crippen LogP contribution in [0.4, 0.5) is 4.79 Å². The number of amides is 2. The van der Waals surface area contributed by atoms with Crippen molar-refractivity contribution in [1.82, 2.24) is 10.6 Å². The second-order valence-corrected chi connectivity index (χ2v) is 5.79. The van der Waals surface area contributed by atoms with Gasteiger partial charge >= 0.3 is 6.03 Å². The maximum Gasteiger partial charge on any atom is 0.315 e. The van der Waals surface area contributed by atoms with Crippen molar-refractivity contribution in [3.8, 4) is 0 Å². The molecule has 94 valence electrons. The van der Waals surface area contributed by atoms with E-state index in [2.05, 4.69) is 10.6 Å². The molecule has 0 aromatic heterocycles. The standard InChI is InChI=1S/C12H25N3O/c1-12(2,3)15-11(16)14-8-10(13)9-6-4-5-7-9/h9-10H,4-8,13H2,1-3H3,(H2,14,15,16). The normalized spacial score (nSPS) is 19.5. The minimum atomic E-state index is -0.193. The molecule has 1 unspecified atom stereocenters. The van der Waals surface area contributed by atoms with Gasteiger partial charge in [0.1, 0.15) is 0 Å². The molecule has 0 radical (unpaired) electrons. The van der Waals surface area contributed by atoms with Crippen LogP contribution in [0.25, 0.3) is 0 Å². The third-order valence-electron chi connectivity index (χ3n) is 2.99. The molecule has 0 aliphatic heterocycles. The topological polar surface area (TPSA) is 67.2 Å². The lowest BCUT2D eigenvalue weighted by molar-refractivity contribution is 0.230. The Hall–Kier alpha value is -0.770. The van der Waals surface area contributed by atoms with E-state index in [1.807, 2.05) is 20.8 Å². The fourth-order valence-corrected chi connectivity index (χ4v) is 2.15. The maximum atomic E-state index is 11.5. The third-order valence-corrected chi connectivity index (χ3v) is 2.99. The molecule has 0 heterocycles. The summed E-state index contributed by atoms with van der Waals surface area (Å²) in [7, 11) is 0. The predicted molar refractivity (Wildman–Crippen MR) is 66.2 cm³/mol. The van der Waals surface area contributed by atoms with Crippen molar-refractivity contribution in [2.45, 2.75) is 58.0 Å². The number of hydrogen-bond acceptors (Lipinski definition) is 2. The van der Waals surface area contributed by atoms with Gasteiger partial charge in [-0.15, -0.1) is 0 Å².